The Labute approximate surface area is 118 Å². The van der Waals surface area contributed by atoms with E-state index in [9.17, 15) is 14.9 Å². The van der Waals surface area contributed by atoms with Crippen molar-refractivity contribution >= 4 is 23.4 Å². The van der Waals surface area contributed by atoms with Crippen LogP contribution in [0.2, 0.25) is 0 Å². The zero-order chi connectivity index (χ0) is 14.8. The number of hydrogen-bond donors (Lipinski definition) is 0. The number of nitrogens with zero attached hydrogens (tertiary/aromatic N) is 2. The fourth-order valence-corrected chi connectivity index (χ4v) is 1.95. The highest BCUT2D eigenvalue weighted by Crippen LogP contribution is 2.26. The summed E-state index contributed by atoms with van der Waals surface area (Å²) < 4.78 is 5.13. The number of carbonyl (C=O) groups is 1. The number of oxime groups is 1. The molecule has 0 fully saturated rings. The molecule has 3 rings (SSSR count). The number of para-hydroxylation sites is 1. The Hall–Kier alpha value is -3.22. The van der Waals surface area contributed by atoms with Gasteiger partial charge < -0.3 is 9.25 Å². The summed E-state index contributed by atoms with van der Waals surface area (Å²) in [5.41, 5.74) is 0.286. The van der Waals surface area contributed by atoms with Crippen LogP contribution in [0, 0.1) is 10.1 Å². The number of furan rings is 1. The minimum atomic E-state index is -0.681. The summed E-state index contributed by atoms with van der Waals surface area (Å²) in [5.74, 6) is -0.255. The molecule has 0 radical (unpaired) electrons. The van der Waals surface area contributed by atoms with Gasteiger partial charge in [0.25, 0.3) is 5.69 Å². The van der Waals surface area contributed by atoms with E-state index in [-0.39, 0.29) is 22.5 Å². The Morgan fingerprint density at radius 2 is 2.00 bits per heavy atom. The van der Waals surface area contributed by atoms with E-state index < -0.39 is 10.9 Å². The maximum absolute atomic E-state index is 11.7. The Balaban J connectivity index is 2.10. The van der Waals surface area contributed by atoms with E-state index in [2.05, 4.69) is 9.99 Å². The molecule has 0 amide bonds. The van der Waals surface area contributed by atoms with E-state index in [0.29, 0.717) is 5.76 Å². The van der Waals surface area contributed by atoms with Crippen molar-refractivity contribution in [3.8, 4) is 0 Å². The molecule has 21 heavy (non-hydrogen) atoms. The molecule has 0 spiro atoms. The van der Waals surface area contributed by atoms with Crippen molar-refractivity contribution in [2.24, 2.45) is 5.16 Å². The number of rotatable bonds is 3. The van der Waals surface area contributed by atoms with Crippen molar-refractivity contribution in [1.29, 1.82) is 0 Å². The van der Waals surface area contributed by atoms with Gasteiger partial charge in [-0.3, -0.25) is 10.1 Å². The largest absolute Gasteiger partial charge is 0.465 e. The molecule has 0 bridgehead atoms. The van der Waals surface area contributed by atoms with Crippen LogP contribution in [-0.4, -0.2) is 16.6 Å². The summed E-state index contributed by atoms with van der Waals surface area (Å²) in [5, 5.41) is 14.7. The van der Waals surface area contributed by atoms with E-state index in [1.807, 2.05) is 0 Å². The van der Waals surface area contributed by atoms with Gasteiger partial charge in [0.05, 0.1) is 22.3 Å². The quantitative estimate of drug-likeness (QED) is 0.373. The molecule has 2 heterocycles. The van der Waals surface area contributed by atoms with Crippen LogP contribution in [-0.2, 0) is 9.63 Å². The summed E-state index contributed by atoms with van der Waals surface area (Å²) >= 11 is 0. The van der Waals surface area contributed by atoms with Gasteiger partial charge in [-0.15, -0.1) is 0 Å². The lowest BCUT2D eigenvalue weighted by Crippen LogP contribution is -2.09. The molecule has 1 aromatic heterocycles. The molecule has 7 nitrogen and oxygen atoms in total. The Morgan fingerprint density at radius 1 is 1.19 bits per heavy atom. The normalized spacial score (nSPS) is 15.9. The van der Waals surface area contributed by atoms with E-state index >= 15 is 0 Å². The van der Waals surface area contributed by atoms with Gasteiger partial charge in [0, 0.05) is 6.07 Å². The second-order valence-corrected chi connectivity index (χ2v) is 4.17. The van der Waals surface area contributed by atoms with Gasteiger partial charge >= 0.3 is 5.97 Å². The molecule has 7 heteroatoms. The third kappa shape index (κ3) is 2.32. The first-order chi connectivity index (χ1) is 10.2. The zero-order valence-electron chi connectivity index (χ0n) is 10.6. The monoisotopic (exact) mass is 284 g/mol. The van der Waals surface area contributed by atoms with Gasteiger partial charge in [0.1, 0.15) is 11.5 Å². The lowest BCUT2D eigenvalue weighted by Gasteiger charge is -2.01. The van der Waals surface area contributed by atoms with E-state index in [1.54, 1.807) is 18.2 Å². The minimum Gasteiger partial charge on any atom is -0.465 e. The van der Waals surface area contributed by atoms with Crippen molar-refractivity contribution in [2.75, 3.05) is 0 Å². The highest BCUT2D eigenvalue weighted by Gasteiger charge is 2.31. The lowest BCUT2D eigenvalue weighted by atomic mass is 10.0. The van der Waals surface area contributed by atoms with Gasteiger partial charge in [-0.2, -0.15) is 0 Å². The van der Waals surface area contributed by atoms with E-state index in [4.69, 9.17) is 4.42 Å². The summed E-state index contributed by atoms with van der Waals surface area (Å²) in [7, 11) is 0. The van der Waals surface area contributed by atoms with Gasteiger partial charge in [0.15, 0.2) is 0 Å². The third-order valence-corrected chi connectivity index (χ3v) is 2.88. The van der Waals surface area contributed by atoms with E-state index in [0.717, 1.165) is 0 Å². The third-order valence-electron chi connectivity index (χ3n) is 2.88. The predicted octanol–water partition coefficient (Wildman–Crippen LogP) is 2.53. The van der Waals surface area contributed by atoms with Crippen LogP contribution >= 0.6 is 0 Å². The van der Waals surface area contributed by atoms with Crippen LogP contribution in [0.25, 0.3) is 6.08 Å². The first-order valence-corrected chi connectivity index (χ1v) is 5.95. The van der Waals surface area contributed by atoms with Gasteiger partial charge in [-0.05, 0) is 24.3 Å². The molecular weight excluding hydrogens is 276 g/mol. The van der Waals surface area contributed by atoms with Crippen molar-refractivity contribution in [3.63, 3.8) is 0 Å². The molecular formula is C14H8N2O5. The SMILES string of the molecule is O=C1ON=C(c2ccccc2[N+](=O)[O-])/C1=C/c1ccco1. The molecule has 0 saturated heterocycles. The van der Waals surface area contributed by atoms with Crippen LogP contribution in [0.4, 0.5) is 5.69 Å². The second-order valence-electron chi connectivity index (χ2n) is 4.17. The molecule has 0 N–H and O–H groups in total. The summed E-state index contributed by atoms with van der Waals surface area (Å²) in [6, 6.07) is 9.32. The molecule has 1 aromatic carbocycles. The van der Waals surface area contributed by atoms with Crippen molar-refractivity contribution in [1.82, 2.24) is 0 Å². The van der Waals surface area contributed by atoms with Crippen molar-refractivity contribution in [3.05, 3.63) is 69.7 Å². The van der Waals surface area contributed by atoms with Crippen molar-refractivity contribution < 1.29 is 19.0 Å². The Bertz CT molecular complexity index is 774. The Kier molecular flexibility index (Phi) is 3.07. The number of hydrogen-bond acceptors (Lipinski definition) is 6. The van der Waals surface area contributed by atoms with Crippen LogP contribution in [0.5, 0.6) is 0 Å². The fraction of sp³-hybridized carbons (Fsp3) is 0. The molecule has 2 aromatic rings. The number of nitro benzene ring substituents is 1. The number of benzene rings is 1. The standard InChI is InChI=1S/C14H8N2O5/c17-14-11(8-9-4-3-7-20-9)13(15-21-14)10-5-1-2-6-12(10)16(18)19/h1-8H/b11-8-. The average molecular weight is 284 g/mol. The van der Waals surface area contributed by atoms with Gasteiger partial charge in [0.2, 0.25) is 0 Å². The van der Waals surface area contributed by atoms with Gasteiger partial charge in [-0.1, -0.05) is 17.3 Å². The molecule has 0 unspecified atom stereocenters. The number of carbonyl (C=O) groups excluding carboxylic acids is 1. The molecule has 104 valence electrons. The molecule has 1 aliphatic rings. The van der Waals surface area contributed by atoms with Crippen LogP contribution in [0.15, 0.2) is 57.8 Å². The van der Waals surface area contributed by atoms with Crippen LogP contribution < -0.4 is 0 Å². The van der Waals surface area contributed by atoms with Crippen LogP contribution in [0.3, 0.4) is 0 Å². The maximum atomic E-state index is 11.7. The highest BCUT2D eigenvalue weighted by molar-refractivity contribution is 6.32. The zero-order valence-corrected chi connectivity index (χ0v) is 10.6. The average Bonchev–Trinajstić information content (AvgIpc) is 3.11. The second kappa shape index (κ2) is 5.04. The number of nitro groups is 1. The minimum absolute atomic E-state index is 0.110. The molecule has 0 saturated carbocycles. The highest BCUT2D eigenvalue weighted by atomic mass is 16.7. The fourth-order valence-electron chi connectivity index (χ4n) is 1.95. The lowest BCUT2D eigenvalue weighted by molar-refractivity contribution is -0.385. The molecule has 1 aliphatic heterocycles. The Morgan fingerprint density at radius 3 is 2.71 bits per heavy atom. The van der Waals surface area contributed by atoms with E-state index in [1.165, 1.54) is 30.5 Å². The predicted molar refractivity (Wildman–Crippen MR) is 72.4 cm³/mol. The molecule has 0 atom stereocenters. The molecule has 0 aliphatic carbocycles. The topological polar surface area (TPSA) is 94.9 Å². The summed E-state index contributed by atoms with van der Waals surface area (Å²) in [6.07, 6.45) is 2.89. The summed E-state index contributed by atoms with van der Waals surface area (Å²) in [6.45, 7) is 0. The first-order valence-electron chi connectivity index (χ1n) is 5.95. The van der Waals surface area contributed by atoms with Gasteiger partial charge in [-0.25, -0.2) is 4.79 Å². The smallest absolute Gasteiger partial charge is 0.368 e. The maximum Gasteiger partial charge on any atom is 0.368 e. The van der Waals surface area contributed by atoms with Crippen molar-refractivity contribution in [2.45, 2.75) is 0 Å². The van der Waals surface area contributed by atoms with Crippen LogP contribution in [0.1, 0.15) is 11.3 Å². The first kappa shape index (κ1) is 12.8. The summed E-state index contributed by atoms with van der Waals surface area (Å²) in [4.78, 5) is 26.9.